The number of aromatic nitrogens is 1. The van der Waals surface area contributed by atoms with Crippen molar-refractivity contribution in [2.75, 3.05) is 5.75 Å². The fourth-order valence-electron chi connectivity index (χ4n) is 2.40. The van der Waals surface area contributed by atoms with Crippen LogP contribution in [-0.2, 0) is 16.6 Å². The molecule has 0 spiro atoms. The van der Waals surface area contributed by atoms with Crippen molar-refractivity contribution in [1.82, 2.24) is 4.57 Å². The highest BCUT2D eigenvalue weighted by Gasteiger charge is 2.23. The Morgan fingerprint density at radius 1 is 1.35 bits per heavy atom. The Hall–Kier alpha value is -1.75. The summed E-state index contributed by atoms with van der Waals surface area (Å²) in [6, 6.07) is 7.57. The number of para-hydroxylation sites is 1. The molecule has 1 saturated heterocycles. The molecule has 0 amide bonds. The Bertz CT molecular complexity index is 723. The number of thioether (sulfide) groups is 1. The molecule has 1 aromatic carbocycles. The molecule has 20 heavy (non-hydrogen) atoms. The Kier molecular flexibility index (Phi) is 3.53. The van der Waals surface area contributed by atoms with Crippen LogP contribution in [0.25, 0.3) is 10.9 Å². The third kappa shape index (κ3) is 2.45. The summed E-state index contributed by atoms with van der Waals surface area (Å²) < 4.78 is 7.13. The largest absolute Gasteiger partial charge is 0.461 e. The Balaban J connectivity index is 1.86. The van der Waals surface area contributed by atoms with E-state index >= 15 is 0 Å². The van der Waals surface area contributed by atoms with Gasteiger partial charge in [0.2, 0.25) is 5.43 Å². The second kappa shape index (κ2) is 5.32. The summed E-state index contributed by atoms with van der Waals surface area (Å²) in [4.78, 5) is 24.2. The molecule has 4 nitrogen and oxygen atoms in total. The van der Waals surface area contributed by atoms with Crippen LogP contribution in [0.2, 0.25) is 0 Å². The molecule has 2 heterocycles. The summed E-state index contributed by atoms with van der Waals surface area (Å²) in [5, 5.41) is 0.725. The van der Waals surface area contributed by atoms with E-state index in [1.807, 2.05) is 42.1 Å². The number of ether oxygens (including phenoxy) is 1. The molecular weight excluding hydrogens is 274 g/mol. The summed E-state index contributed by atoms with van der Waals surface area (Å²) in [5.74, 6) is 0.501. The van der Waals surface area contributed by atoms with Crippen molar-refractivity contribution in [2.24, 2.45) is 7.05 Å². The lowest BCUT2D eigenvalue weighted by Crippen LogP contribution is -2.13. The molecule has 1 fully saturated rings. The molecule has 104 valence electrons. The number of pyridine rings is 1. The van der Waals surface area contributed by atoms with Crippen LogP contribution in [0.1, 0.15) is 12.8 Å². The number of aryl methyl sites for hydroxylation is 1. The number of benzene rings is 1. The van der Waals surface area contributed by atoms with Gasteiger partial charge >= 0.3 is 5.97 Å². The van der Waals surface area contributed by atoms with Crippen LogP contribution in [-0.4, -0.2) is 22.4 Å². The minimum Gasteiger partial charge on any atom is -0.461 e. The predicted octanol–water partition coefficient (Wildman–Crippen LogP) is 2.34. The number of esters is 1. The van der Waals surface area contributed by atoms with E-state index in [-0.39, 0.29) is 17.5 Å². The summed E-state index contributed by atoms with van der Waals surface area (Å²) >= 11 is 1.46. The van der Waals surface area contributed by atoms with Gasteiger partial charge in [-0.3, -0.25) is 9.59 Å². The summed E-state index contributed by atoms with van der Waals surface area (Å²) in [6.07, 6.45) is 3.02. The van der Waals surface area contributed by atoms with Gasteiger partial charge < -0.3 is 9.30 Å². The molecule has 5 heteroatoms. The van der Waals surface area contributed by atoms with Gasteiger partial charge in [0.15, 0.2) is 0 Å². The lowest BCUT2D eigenvalue weighted by molar-refractivity contribution is -0.140. The average Bonchev–Trinajstić information content (AvgIpc) is 2.87. The average molecular weight is 289 g/mol. The van der Waals surface area contributed by atoms with Crippen molar-refractivity contribution in [3.05, 3.63) is 40.7 Å². The van der Waals surface area contributed by atoms with Gasteiger partial charge in [-0.2, -0.15) is 0 Å². The van der Waals surface area contributed by atoms with Crippen LogP contribution in [0.15, 0.2) is 40.2 Å². The fourth-order valence-corrected chi connectivity index (χ4v) is 3.47. The van der Waals surface area contributed by atoms with Crippen molar-refractivity contribution < 1.29 is 9.53 Å². The number of carbonyl (C=O) groups excluding carboxylic acids is 1. The quantitative estimate of drug-likeness (QED) is 0.643. The highest BCUT2D eigenvalue weighted by atomic mass is 32.2. The van der Waals surface area contributed by atoms with E-state index < -0.39 is 0 Å². The number of nitrogens with zero attached hydrogens (tertiary/aromatic N) is 1. The Labute approximate surface area is 120 Å². The summed E-state index contributed by atoms with van der Waals surface area (Å²) in [6.45, 7) is 0. The lowest BCUT2D eigenvalue weighted by atomic mass is 10.2. The smallest absolute Gasteiger partial charge is 0.306 e. The number of rotatable bonds is 3. The minimum absolute atomic E-state index is 0.0491. The number of hydrogen-bond donors (Lipinski definition) is 0. The zero-order chi connectivity index (χ0) is 14.1. The molecule has 1 atom stereocenters. The van der Waals surface area contributed by atoms with Crippen LogP contribution in [0, 0.1) is 0 Å². The number of cyclic esters (lactones) is 1. The van der Waals surface area contributed by atoms with Crippen LogP contribution in [0.5, 0.6) is 0 Å². The van der Waals surface area contributed by atoms with Gasteiger partial charge in [0, 0.05) is 30.8 Å². The van der Waals surface area contributed by atoms with Crippen LogP contribution in [0.4, 0.5) is 0 Å². The zero-order valence-corrected chi connectivity index (χ0v) is 12.0. The number of carbonyl (C=O) groups is 1. The maximum Gasteiger partial charge on any atom is 0.306 e. The maximum atomic E-state index is 12.4. The van der Waals surface area contributed by atoms with Crippen LogP contribution >= 0.6 is 11.8 Å². The first kappa shape index (κ1) is 13.2. The van der Waals surface area contributed by atoms with Crippen LogP contribution in [0.3, 0.4) is 0 Å². The molecule has 1 aliphatic heterocycles. The van der Waals surface area contributed by atoms with Crippen molar-refractivity contribution in [1.29, 1.82) is 0 Å². The van der Waals surface area contributed by atoms with Crippen molar-refractivity contribution in [2.45, 2.75) is 23.8 Å². The predicted molar refractivity (Wildman–Crippen MR) is 79.0 cm³/mol. The van der Waals surface area contributed by atoms with Crippen LogP contribution < -0.4 is 5.43 Å². The van der Waals surface area contributed by atoms with Gasteiger partial charge in [-0.1, -0.05) is 12.1 Å². The molecule has 1 aliphatic rings. The van der Waals surface area contributed by atoms with E-state index in [2.05, 4.69) is 0 Å². The van der Waals surface area contributed by atoms with Gasteiger partial charge in [-0.15, -0.1) is 11.8 Å². The number of hydrogen-bond acceptors (Lipinski definition) is 4. The SMILES string of the molecule is Cn1cc(SCC2CCC(=O)O2)c(=O)c2ccccc21. The van der Waals surface area contributed by atoms with E-state index in [4.69, 9.17) is 4.74 Å². The minimum atomic E-state index is -0.137. The molecular formula is C15H15NO3S. The van der Waals surface area contributed by atoms with Crippen molar-refractivity contribution >= 4 is 28.6 Å². The molecule has 2 aromatic rings. The first-order valence-electron chi connectivity index (χ1n) is 6.56. The van der Waals surface area contributed by atoms with E-state index in [9.17, 15) is 9.59 Å². The lowest BCUT2D eigenvalue weighted by Gasteiger charge is -2.11. The molecule has 0 N–H and O–H groups in total. The van der Waals surface area contributed by atoms with Gasteiger partial charge in [0.25, 0.3) is 0 Å². The van der Waals surface area contributed by atoms with Crippen molar-refractivity contribution in [3.8, 4) is 0 Å². The van der Waals surface area contributed by atoms with Gasteiger partial charge in [-0.25, -0.2) is 0 Å². The zero-order valence-electron chi connectivity index (χ0n) is 11.2. The molecule has 0 aliphatic carbocycles. The molecule has 0 bridgehead atoms. The topological polar surface area (TPSA) is 48.3 Å². The molecule has 1 unspecified atom stereocenters. The van der Waals surface area contributed by atoms with Gasteiger partial charge in [-0.05, 0) is 18.6 Å². The third-order valence-electron chi connectivity index (χ3n) is 3.46. The standard InChI is InChI=1S/C15H15NO3S/c1-16-8-13(20-9-10-6-7-14(17)19-10)15(18)11-4-2-3-5-12(11)16/h2-5,8,10H,6-7,9H2,1H3. The second-order valence-electron chi connectivity index (χ2n) is 4.91. The highest BCUT2D eigenvalue weighted by Crippen LogP contribution is 2.23. The fraction of sp³-hybridized carbons (Fsp3) is 0.333. The van der Waals surface area contributed by atoms with E-state index in [0.29, 0.717) is 17.1 Å². The first-order valence-corrected chi connectivity index (χ1v) is 7.54. The van der Waals surface area contributed by atoms with Gasteiger partial charge in [0.05, 0.1) is 10.4 Å². The van der Waals surface area contributed by atoms with Gasteiger partial charge in [0.1, 0.15) is 6.10 Å². The molecule has 0 radical (unpaired) electrons. The maximum absolute atomic E-state index is 12.4. The molecule has 1 aromatic heterocycles. The number of fused-ring (bicyclic) bond motifs is 1. The van der Waals surface area contributed by atoms with E-state index in [1.165, 1.54) is 11.8 Å². The van der Waals surface area contributed by atoms with E-state index in [1.54, 1.807) is 0 Å². The second-order valence-corrected chi connectivity index (χ2v) is 5.97. The van der Waals surface area contributed by atoms with E-state index in [0.717, 1.165) is 17.3 Å². The Morgan fingerprint density at radius 3 is 2.90 bits per heavy atom. The monoisotopic (exact) mass is 289 g/mol. The Morgan fingerprint density at radius 2 is 2.15 bits per heavy atom. The first-order chi connectivity index (χ1) is 9.65. The van der Waals surface area contributed by atoms with Crippen molar-refractivity contribution in [3.63, 3.8) is 0 Å². The normalized spacial score (nSPS) is 18.4. The molecule has 0 saturated carbocycles. The molecule has 3 rings (SSSR count). The third-order valence-corrected chi connectivity index (χ3v) is 4.60. The highest BCUT2D eigenvalue weighted by molar-refractivity contribution is 7.99. The summed E-state index contributed by atoms with van der Waals surface area (Å²) in [5.41, 5.74) is 0.974. The summed E-state index contributed by atoms with van der Waals surface area (Å²) in [7, 11) is 1.93.